The summed E-state index contributed by atoms with van der Waals surface area (Å²) in [7, 11) is 5.04. The van der Waals surface area contributed by atoms with E-state index in [2.05, 4.69) is 24.2 Å². The van der Waals surface area contributed by atoms with Crippen LogP contribution in [0.15, 0.2) is 24.9 Å². The number of piperidine rings is 1. The number of rotatable bonds is 13. The molecule has 19 heteroatoms. The lowest BCUT2D eigenvalue weighted by molar-refractivity contribution is -0.232. The van der Waals surface area contributed by atoms with Crippen LogP contribution in [0, 0.1) is 0 Å². The Morgan fingerprint density at radius 2 is 1.60 bits per heavy atom. The van der Waals surface area contributed by atoms with Crippen molar-refractivity contribution in [1.29, 1.82) is 0 Å². The second kappa shape index (κ2) is 15.1. The van der Waals surface area contributed by atoms with E-state index >= 15 is 0 Å². The van der Waals surface area contributed by atoms with Gasteiger partial charge in [-0.3, -0.25) is 0 Å². The van der Waals surface area contributed by atoms with Gasteiger partial charge in [-0.05, 0) is 19.9 Å². The molecular weight excluding hydrogens is 582 g/mol. The van der Waals surface area contributed by atoms with Gasteiger partial charge in [-0.25, -0.2) is 38.7 Å². The van der Waals surface area contributed by atoms with Gasteiger partial charge in [-0.2, -0.15) is 0 Å². The molecule has 1 radical (unpaired) electrons. The normalized spacial score (nSPS) is 14.9. The van der Waals surface area contributed by atoms with Gasteiger partial charge in [0, 0.05) is 45.8 Å². The van der Waals surface area contributed by atoms with Crippen LogP contribution in [0.5, 0.6) is 0 Å². The molecule has 3 heterocycles. The molecule has 3 rings (SSSR count). The molecule has 2 aromatic heterocycles. The van der Waals surface area contributed by atoms with E-state index in [0.717, 1.165) is 6.47 Å². The zero-order valence-electron chi connectivity index (χ0n) is 23.3. The van der Waals surface area contributed by atoms with E-state index in [1.54, 1.807) is 17.8 Å². The Labute approximate surface area is 243 Å². The largest absolute Gasteiger partial charge is 0.512 e. The van der Waals surface area contributed by atoms with Crippen molar-refractivity contribution in [3.63, 3.8) is 0 Å². The monoisotopic (exact) mass is 610 g/mol. The van der Waals surface area contributed by atoms with Gasteiger partial charge < -0.3 is 51.9 Å². The second-order valence-electron chi connectivity index (χ2n) is 8.88. The third kappa shape index (κ3) is 9.15. The van der Waals surface area contributed by atoms with E-state index in [-0.39, 0.29) is 12.4 Å². The summed E-state index contributed by atoms with van der Waals surface area (Å²) in [6, 6.07) is 0. The summed E-state index contributed by atoms with van der Waals surface area (Å²) in [4.78, 5) is 83.3. The van der Waals surface area contributed by atoms with E-state index in [1.165, 1.54) is 30.3 Å². The summed E-state index contributed by atoms with van der Waals surface area (Å²) in [5, 5.41) is 0. The smallest absolute Gasteiger partial charge is 0.431 e. The average molecular weight is 611 g/mol. The number of nitrogens with zero attached hydrogens (tertiary/aromatic N) is 5. The van der Waals surface area contributed by atoms with Crippen molar-refractivity contribution < 1.29 is 66.7 Å². The van der Waals surface area contributed by atoms with Crippen LogP contribution in [0.1, 0.15) is 29.2 Å². The van der Waals surface area contributed by atoms with Gasteiger partial charge in [0.25, 0.3) is 0 Å². The molecule has 1 fully saturated rings. The molecule has 43 heavy (non-hydrogen) atoms. The molecule has 1 unspecified atom stereocenters. The van der Waals surface area contributed by atoms with Crippen molar-refractivity contribution in [3.8, 4) is 0 Å². The number of ether oxygens (including phenoxy) is 8. The Bertz CT molecular complexity index is 1300. The third-order valence-electron chi connectivity index (χ3n) is 5.73. The molecule has 0 amide bonds. The summed E-state index contributed by atoms with van der Waals surface area (Å²) in [6.45, 7) is -0.684. The fraction of sp³-hybridized carbons (Fsp3) is 0.500. The topological polar surface area (TPSA) is 215 Å². The molecule has 1 atom stereocenters. The minimum atomic E-state index is -3.60. The maximum Gasteiger partial charge on any atom is 0.512 e. The number of hydrogen-bond donors (Lipinski definition) is 0. The quantitative estimate of drug-likeness (QED) is 0.123. The van der Waals surface area contributed by atoms with Crippen LogP contribution >= 0.6 is 0 Å². The summed E-state index contributed by atoms with van der Waals surface area (Å²) >= 11 is 0. The Balaban J connectivity index is 1.65. The minimum Gasteiger partial charge on any atom is -0.431 e. The van der Waals surface area contributed by atoms with Gasteiger partial charge in [0.15, 0.2) is 0 Å². The molecule has 2 aromatic rings. The third-order valence-corrected chi connectivity index (χ3v) is 5.73. The molecule has 0 saturated carbocycles. The second-order valence-corrected chi connectivity index (χ2v) is 8.88. The van der Waals surface area contributed by atoms with Gasteiger partial charge >= 0.3 is 42.5 Å². The highest BCUT2D eigenvalue weighted by Gasteiger charge is 2.58. The van der Waals surface area contributed by atoms with E-state index in [9.17, 15) is 28.8 Å². The standard InChI is InChI=1S/C24H28N5O14/c1-27-7-4-17(5-8-27)42-23(35)43-24(41-13-30,20(32)38-14-37-19(31)18-25-6-9-29(18)3)21(33)39-15-40-22(34)36-11-16-10-28(2)12-26-16/h6,9-10,12,17H,4-5,7-8,11,14-15H2,1-3H3. The summed E-state index contributed by atoms with van der Waals surface area (Å²) in [5.74, 6) is -8.57. The Morgan fingerprint density at radius 1 is 0.930 bits per heavy atom. The first kappa shape index (κ1) is 32.3. The van der Waals surface area contributed by atoms with Gasteiger partial charge in [-0.1, -0.05) is 0 Å². The molecule has 0 N–H and O–H groups in total. The number of imidazole rings is 2. The summed E-state index contributed by atoms with van der Waals surface area (Å²) in [6.07, 6.45) is 2.98. The van der Waals surface area contributed by atoms with Gasteiger partial charge in [0.2, 0.25) is 19.4 Å². The molecule has 0 bridgehead atoms. The van der Waals surface area contributed by atoms with Crippen molar-refractivity contribution in [2.45, 2.75) is 31.3 Å². The predicted octanol–water partition coefficient (Wildman–Crippen LogP) is -0.307. The highest BCUT2D eigenvalue weighted by Crippen LogP contribution is 2.21. The maximum atomic E-state index is 12.9. The molecule has 1 aliphatic heterocycles. The predicted molar refractivity (Wildman–Crippen MR) is 133 cm³/mol. The SMILES string of the molecule is CN1CCC(OC(=O)OC(O[C]=O)(C(=O)OCOC(=O)OCc2cn(C)cn2)C(=O)OCOC(=O)c2nccn2C)CC1. The van der Waals surface area contributed by atoms with Crippen LogP contribution in [0.4, 0.5) is 9.59 Å². The lowest BCUT2D eigenvalue weighted by atomic mass is 10.1. The molecule has 0 aliphatic carbocycles. The number of aromatic nitrogens is 4. The zero-order valence-corrected chi connectivity index (χ0v) is 23.3. The Hall–Kier alpha value is -5.20. The highest BCUT2D eigenvalue weighted by atomic mass is 16.8. The number of aryl methyl sites for hydroxylation is 2. The van der Waals surface area contributed by atoms with Crippen LogP contribution in [-0.2, 0) is 73.0 Å². The molecular formula is C24H28N5O14. The van der Waals surface area contributed by atoms with Crippen molar-refractivity contribution >= 4 is 36.7 Å². The molecule has 19 nitrogen and oxygen atoms in total. The first-order valence-corrected chi connectivity index (χ1v) is 12.4. The van der Waals surface area contributed by atoms with Gasteiger partial charge in [0.05, 0.1) is 12.0 Å². The van der Waals surface area contributed by atoms with E-state index in [4.69, 9.17) is 23.7 Å². The van der Waals surface area contributed by atoms with Crippen molar-refractivity contribution in [1.82, 2.24) is 24.0 Å². The lowest BCUT2D eigenvalue weighted by Gasteiger charge is -2.30. The maximum absolute atomic E-state index is 12.9. The molecule has 0 aromatic carbocycles. The first-order valence-electron chi connectivity index (χ1n) is 12.4. The van der Waals surface area contributed by atoms with Crippen LogP contribution in [0.2, 0.25) is 0 Å². The van der Waals surface area contributed by atoms with E-state index in [1.807, 2.05) is 11.9 Å². The number of esters is 3. The van der Waals surface area contributed by atoms with Crippen LogP contribution in [0.25, 0.3) is 0 Å². The lowest BCUT2D eigenvalue weighted by Crippen LogP contribution is -2.55. The van der Waals surface area contributed by atoms with Crippen molar-refractivity contribution in [2.24, 2.45) is 14.1 Å². The molecule has 233 valence electrons. The average Bonchev–Trinajstić information content (AvgIpc) is 3.60. The van der Waals surface area contributed by atoms with E-state index in [0.29, 0.717) is 31.6 Å². The number of carbonyl (C=O) groups is 5. The fourth-order valence-corrected chi connectivity index (χ4v) is 3.51. The minimum absolute atomic E-state index is 0.163. The van der Waals surface area contributed by atoms with Crippen LogP contribution in [0.3, 0.4) is 0 Å². The molecule has 1 saturated heterocycles. The van der Waals surface area contributed by atoms with Crippen molar-refractivity contribution in [2.75, 3.05) is 33.7 Å². The van der Waals surface area contributed by atoms with Crippen LogP contribution < -0.4 is 0 Å². The van der Waals surface area contributed by atoms with Gasteiger partial charge in [-0.15, -0.1) is 0 Å². The Kier molecular flexibility index (Phi) is 11.4. The summed E-state index contributed by atoms with van der Waals surface area (Å²) in [5.41, 5.74) is 0.383. The first-order chi connectivity index (χ1) is 20.5. The van der Waals surface area contributed by atoms with Crippen molar-refractivity contribution in [3.05, 3.63) is 36.4 Å². The summed E-state index contributed by atoms with van der Waals surface area (Å²) < 4.78 is 40.8. The fourth-order valence-electron chi connectivity index (χ4n) is 3.51. The molecule has 1 aliphatic rings. The van der Waals surface area contributed by atoms with E-state index < -0.39 is 55.7 Å². The number of carbonyl (C=O) groups excluding carboxylic acids is 6. The van der Waals surface area contributed by atoms with Gasteiger partial charge in [0.1, 0.15) is 12.7 Å². The number of likely N-dealkylation sites (tertiary alicyclic amines) is 1. The Morgan fingerprint density at radius 3 is 2.19 bits per heavy atom. The van der Waals surface area contributed by atoms with Crippen LogP contribution in [-0.4, -0.2) is 106 Å². The number of hydrogen-bond acceptors (Lipinski definition) is 17. The highest BCUT2D eigenvalue weighted by molar-refractivity contribution is 6.04. The molecule has 0 spiro atoms. The zero-order chi connectivity index (χ0) is 31.4.